The summed E-state index contributed by atoms with van der Waals surface area (Å²) in [5, 5.41) is 11.4. The summed E-state index contributed by atoms with van der Waals surface area (Å²) in [5.74, 6) is 7.37. The number of benzene rings is 1. The van der Waals surface area contributed by atoms with Crippen molar-refractivity contribution in [2.75, 3.05) is 0 Å². The van der Waals surface area contributed by atoms with Crippen LogP contribution >= 0.6 is 0 Å². The maximum Gasteiger partial charge on any atom is 0.156 e. The molecule has 152 valence electrons. The van der Waals surface area contributed by atoms with Gasteiger partial charge < -0.3 is 5.11 Å². The molecule has 2 nitrogen and oxygen atoms in total. The highest BCUT2D eigenvalue weighted by atomic mass is 16.3. The monoisotopic (exact) mass is 388 g/mol. The normalized spacial score (nSPS) is 33.6. The molecule has 0 amide bonds. The van der Waals surface area contributed by atoms with Crippen LogP contribution in [0, 0.1) is 29.1 Å². The van der Waals surface area contributed by atoms with Crippen molar-refractivity contribution in [3.63, 3.8) is 0 Å². The number of aliphatic hydroxyl groups is 1. The van der Waals surface area contributed by atoms with Gasteiger partial charge >= 0.3 is 0 Å². The molecule has 0 bridgehead atoms. The quantitative estimate of drug-likeness (QED) is 0.671. The second kappa shape index (κ2) is 7.29. The predicted molar refractivity (Wildman–Crippen MR) is 117 cm³/mol. The van der Waals surface area contributed by atoms with Crippen LogP contribution in [-0.2, 0) is 4.79 Å². The first-order valence-corrected chi connectivity index (χ1v) is 11.0. The molecule has 1 aromatic carbocycles. The van der Waals surface area contributed by atoms with E-state index in [4.69, 9.17) is 0 Å². The number of ketones is 1. The van der Waals surface area contributed by atoms with Crippen LogP contribution < -0.4 is 0 Å². The van der Waals surface area contributed by atoms with Gasteiger partial charge in [-0.3, -0.25) is 4.79 Å². The van der Waals surface area contributed by atoms with Crippen LogP contribution in [0.5, 0.6) is 0 Å². The molecule has 3 aliphatic carbocycles. The summed E-state index contributed by atoms with van der Waals surface area (Å²) in [6, 6.07) is 10.7. The molecule has 0 aromatic heterocycles. The number of carbonyl (C=O) groups is 1. The third-order valence-electron chi connectivity index (χ3n) is 8.11. The Labute approximate surface area is 175 Å². The van der Waals surface area contributed by atoms with Crippen LogP contribution in [0.2, 0.25) is 0 Å². The largest absolute Gasteiger partial charge is 0.377 e. The summed E-state index contributed by atoms with van der Waals surface area (Å²) in [6.45, 7) is 8.24. The number of carbonyl (C=O) groups excluding carboxylic acids is 1. The average molecular weight is 389 g/mol. The fourth-order valence-corrected chi connectivity index (χ4v) is 6.17. The summed E-state index contributed by atoms with van der Waals surface area (Å²) in [7, 11) is 0. The SMILES string of the molecule is CC#CC(C)(O)C1(C)CC(c2ccccc2)C2=C3CCC(=O)C=C3CCC2C1C. The minimum absolute atomic E-state index is 0.263. The van der Waals surface area contributed by atoms with Crippen LogP contribution in [-0.4, -0.2) is 16.5 Å². The van der Waals surface area contributed by atoms with Crippen molar-refractivity contribution in [3.05, 3.63) is 58.7 Å². The number of hydrogen-bond donors (Lipinski definition) is 1. The van der Waals surface area contributed by atoms with Crippen LogP contribution in [0.4, 0.5) is 0 Å². The van der Waals surface area contributed by atoms with Crippen LogP contribution in [0.3, 0.4) is 0 Å². The van der Waals surface area contributed by atoms with E-state index in [9.17, 15) is 9.90 Å². The lowest BCUT2D eigenvalue weighted by atomic mass is 9.49. The van der Waals surface area contributed by atoms with E-state index in [1.165, 1.54) is 22.3 Å². The van der Waals surface area contributed by atoms with Crippen molar-refractivity contribution in [3.8, 4) is 11.8 Å². The molecular weight excluding hydrogens is 356 g/mol. The van der Waals surface area contributed by atoms with Crippen molar-refractivity contribution in [2.24, 2.45) is 17.3 Å². The number of allylic oxidation sites excluding steroid dienone is 4. The van der Waals surface area contributed by atoms with Crippen molar-refractivity contribution >= 4 is 5.78 Å². The molecule has 29 heavy (non-hydrogen) atoms. The average Bonchev–Trinajstić information content (AvgIpc) is 2.70. The molecule has 1 N–H and O–H groups in total. The van der Waals surface area contributed by atoms with E-state index in [2.05, 4.69) is 56.0 Å². The van der Waals surface area contributed by atoms with E-state index in [-0.39, 0.29) is 17.1 Å². The van der Waals surface area contributed by atoms with Gasteiger partial charge in [-0.05, 0) is 74.2 Å². The van der Waals surface area contributed by atoms with Crippen molar-refractivity contribution < 1.29 is 9.90 Å². The molecule has 1 fully saturated rings. The van der Waals surface area contributed by atoms with E-state index in [1.807, 2.05) is 19.9 Å². The highest BCUT2D eigenvalue weighted by Gasteiger charge is 2.55. The first-order chi connectivity index (χ1) is 13.8. The van der Waals surface area contributed by atoms with Gasteiger partial charge in [0.25, 0.3) is 0 Å². The van der Waals surface area contributed by atoms with E-state index in [1.54, 1.807) is 0 Å². The van der Waals surface area contributed by atoms with Gasteiger partial charge in [0.1, 0.15) is 5.60 Å². The molecule has 0 spiro atoms. The lowest BCUT2D eigenvalue weighted by molar-refractivity contribution is -0.114. The lowest BCUT2D eigenvalue weighted by Crippen LogP contribution is -2.54. The standard InChI is InChI=1S/C27H32O2/c1-5-15-27(4,29)26(3)17-24(19-9-7-6-8-10-19)25-22(18(26)2)13-11-20-16-21(28)12-14-23(20)25/h6-10,16,18,22,24,29H,11-14,17H2,1-4H3. The van der Waals surface area contributed by atoms with Gasteiger partial charge in [-0.15, -0.1) is 5.92 Å². The fourth-order valence-electron chi connectivity index (χ4n) is 6.17. The molecule has 1 aromatic rings. The summed E-state index contributed by atoms with van der Waals surface area (Å²) in [4.78, 5) is 12.1. The summed E-state index contributed by atoms with van der Waals surface area (Å²) in [5.41, 5.74) is 4.21. The Morgan fingerprint density at radius 3 is 2.59 bits per heavy atom. The molecule has 3 aliphatic rings. The Morgan fingerprint density at radius 1 is 1.17 bits per heavy atom. The Kier molecular flexibility index (Phi) is 5.07. The molecule has 4 rings (SSSR count). The highest BCUT2D eigenvalue weighted by Crippen LogP contribution is 2.61. The second-order valence-electron chi connectivity index (χ2n) is 9.54. The van der Waals surface area contributed by atoms with Crippen molar-refractivity contribution in [1.82, 2.24) is 0 Å². The molecule has 0 aliphatic heterocycles. The van der Waals surface area contributed by atoms with Gasteiger partial charge in [0.05, 0.1) is 0 Å². The summed E-state index contributed by atoms with van der Waals surface area (Å²) in [6.07, 6.45) is 6.29. The van der Waals surface area contributed by atoms with E-state index < -0.39 is 5.60 Å². The molecule has 2 heteroatoms. The third kappa shape index (κ3) is 3.21. The van der Waals surface area contributed by atoms with Crippen LogP contribution in [0.15, 0.2) is 53.1 Å². The molecule has 1 saturated carbocycles. The van der Waals surface area contributed by atoms with Crippen molar-refractivity contribution in [2.45, 2.75) is 71.3 Å². The van der Waals surface area contributed by atoms with E-state index in [0.29, 0.717) is 18.3 Å². The molecular formula is C27H32O2. The lowest BCUT2D eigenvalue weighted by Gasteiger charge is -2.56. The van der Waals surface area contributed by atoms with Gasteiger partial charge in [-0.25, -0.2) is 0 Å². The fraction of sp³-hybridized carbons (Fsp3) is 0.519. The van der Waals surface area contributed by atoms with Crippen molar-refractivity contribution in [1.29, 1.82) is 0 Å². The third-order valence-corrected chi connectivity index (χ3v) is 8.11. The van der Waals surface area contributed by atoms with Gasteiger partial charge in [0.15, 0.2) is 5.78 Å². The topological polar surface area (TPSA) is 37.3 Å². The Bertz CT molecular complexity index is 938. The molecule has 0 radical (unpaired) electrons. The van der Waals surface area contributed by atoms with Gasteiger partial charge in [-0.1, -0.05) is 55.7 Å². The van der Waals surface area contributed by atoms with E-state index >= 15 is 0 Å². The zero-order valence-corrected chi connectivity index (χ0v) is 18.1. The first kappa shape index (κ1) is 20.2. The first-order valence-electron chi connectivity index (χ1n) is 11.0. The van der Waals surface area contributed by atoms with E-state index in [0.717, 1.165) is 25.7 Å². The maximum absolute atomic E-state index is 12.1. The molecule has 0 heterocycles. The minimum atomic E-state index is -1.04. The smallest absolute Gasteiger partial charge is 0.156 e. The van der Waals surface area contributed by atoms with Crippen LogP contribution in [0.1, 0.15) is 71.3 Å². The number of hydrogen-bond acceptors (Lipinski definition) is 2. The summed E-state index contributed by atoms with van der Waals surface area (Å²) >= 11 is 0. The molecule has 5 unspecified atom stereocenters. The second-order valence-corrected chi connectivity index (χ2v) is 9.54. The zero-order valence-electron chi connectivity index (χ0n) is 18.1. The minimum Gasteiger partial charge on any atom is -0.377 e. The molecule has 0 saturated heterocycles. The summed E-state index contributed by atoms with van der Waals surface area (Å²) < 4.78 is 0. The Morgan fingerprint density at radius 2 is 1.90 bits per heavy atom. The highest BCUT2D eigenvalue weighted by molar-refractivity contribution is 5.93. The number of rotatable bonds is 2. The predicted octanol–water partition coefficient (Wildman–Crippen LogP) is 5.59. The van der Waals surface area contributed by atoms with Gasteiger partial charge in [-0.2, -0.15) is 0 Å². The maximum atomic E-state index is 12.1. The number of fused-ring (bicyclic) bond motifs is 2. The van der Waals surface area contributed by atoms with Gasteiger partial charge in [0.2, 0.25) is 0 Å². The molecule has 5 atom stereocenters. The Balaban J connectivity index is 1.90. The van der Waals surface area contributed by atoms with Crippen LogP contribution in [0.25, 0.3) is 0 Å². The Hall–Kier alpha value is -2.11. The van der Waals surface area contributed by atoms with Gasteiger partial charge in [0, 0.05) is 17.8 Å². The zero-order chi connectivity index (χ0) is 20.8.